The second-order valence-electron chi connectivity index (χ2n) is 5.89. The highest BCUT2D eigenvalue weighted by atomic mass is 127. The van der Waals surface area contributed by atoms with Crippen molar-refractivity contribution in [2.75, 3.05) is 45.9 Å². The van der Waals surface area contributed by atoms with Gasteiger partial charge in [0.25, 0.3) is 0 Å². The average Bonchev–Trinajstić information content (AvgIpc) is 2.58. The van der Waals surface area contributed by atoms with Crippen molar-refractivity contribution in [1.82, 2.24) is 15.1 Å². The lowest BCUT2D eigenvalue weighted by atomic mass is 10.2. The van der Waals surface area contributed by atoms with Gasteiger partial charge in [-0.15, -0.1) is 24.0 Å². The zero-order valence-electron chi connectivity index (χ0n) is 15.3. The lowest BCUT2D eigenvalue weighted by Crippen LogP contribution is -2.53. The van der Waals surface area contributed by atoms with Gasteiger partial charge in [-0.2, -0.15) is 0 Å². The molecule has 0 aliphatic carbocycles. The van der Waals surface area contributed by atoms with E-state index in [4.69, 9.17) is 4.74 Å². The minimum absolute atomic E-state index is 0. The van der Waals surface area contributed by atoms with E-state index in [1.807, 2.05) is 23.1 Å². The fourth-order valence-corrected chi connectivity index (χ4v) is 2.68. The molecule has 1 N–H and O–H groups in total. The molecule has 6 nitrogen and oxygen atoms in total. The normalized spacial score (nSPS) is 14.8. The van der Waals surface area contributed by atoms with Gasteiger partial charge in [0.05, 0.1) is 6.54 Å². The van der Waals surface area contributed by atoms with Crippen LogP contribution >= 0.6 is 24.0 Å². The van der Waals surface area contributed by atoms with Crippen LogP contribution in [0.25, 0.3) is 0 Å². The largest absolute Gasteiger partial charge is 0.492 e. The maximum Gasteiger partial charge on any atom is 0.219 e. The molecule has 1 heterocycles. The van der Waals surface area contributed by atoms with Gasteiger partial charge >= 0.3 is 0 Å². The Kier molecular flexibility index (Phi) is 9.62. The molecule has 0 aromatic heterocycles. The first-order valence-corrected chi connectivity index (χ1v) is 8.58. The Bertz CT molecular complexity index is 572. The minimum atomic E-state index is 0. The third kappa shape index (κ3) is 7.09. The number of benzene rings is 1. The summed E-state index contributed by atoms with van der Waals surface area (Å²) in [6.07, 6.45) is 0. The molecule has 0 unspecified atom stereocenters. The van der Waals surface area contributed by atoms with E-state index >= 15 is 0 Å². The van der Waals surface area contributed by atoms with Gasteiger partial charge in [-0.25, -0.2) is 4.99 Å². The SMILES string of the molecule is CCNC(=NCCOc1cccc(C)c1)N1CCN(C(C)=O)CC1.I. The van der Waals surface area contributed by atoms with Crippen LogP contribution in [0.1, 0.15) is 19.4 Å². The molecule has 0 radical (unpaired) electrons. The topological polar surface area (TPSA) is 57.2 Å². The number of carbonyl (C=O) groups excluding carboxylic acids is 1. The van der Waals surface area contributed by atoms with E-state index in [2.05, 4.69) is 35.1 Å². The summed E-state index contributed by atoms with van der Waals surface area (Å²) in [5.41, 5.74) is 1.19. The Hall–Kier alpha value is -1.51. The number of piperazine rings is 1. The zero-order chi connectivity index (χ0) is 17.4. The Morgan fingerprint density at radius 2 is 1.92 bits per heavy atom. The molecule has 1 aliphatic heterocycles. The van der Waals surface area contributed by atoms with Crippen molar-refractivity contribution in [3.63, 3.8) is 0 Å². The molecule has 1 fully saturated rings. The van der Waals surface area contributed by atoms with Crippen LogP contribution in [0.15, 0.2) is 29.3 Å². The van der Waals surface area contributed by atoms with Gasteiger partial charge in [-0.05, 0) is 31.5 Å². The molecule has 1 aliphatic rings. The predicted molar refractivity (Wildman–Crippen MR) is 112 cm³/mol. The first-order chi connectivity index (χ1) is 11.6. The van der Waals surface area contributed by atoms with E-state index in [0.717, 1.165) is 44.4 Å². The average molecular weight is 460 g/mol. The number of rotatable bonds is 5. The summed E-state index contributed by atoms with van der Waals surface area (Å²) < 4.78 is 5.74. The van der Waals surface area contributed by atoms with E-state index in [1.165, 1.54) is 5.56 Å². The molecule has 0 bridgehead atoms. The Balaban J connectivity index is 0.00000312. The number of ether oxygens (including phenoxy) is 1. The first kappa shape index (κ1) is 21.5. The third-order valence-electron chi connectivity index (χ3n) is 3.97. The highest BCUT2D eigenvalue weighted by molar-refractivity contribution is 14.0. The molecule has 1 aromatic carbocycles. The van der Waals surface area contributed by atoms with Crippen LogP contribution in [0.2, 0.25) is 0 Å². The minimum Gasteiger partial charge on any atom is -0.492 e. The molecule has 0 saturated carbocycles. The fourth-order valence-electron chi connectivity index (χ4n) is 2.68. The van der Waals surface area contributed by atoms with E-state index < -0.39 is 0 Å². The van der Waals surface area contributed by atoms with Crippen LogP contribution in [0.3, 0.4) is 0 Å². The maximum absolute atomic E-state index is 11.4. The highest BCUT2D eigenvalue weighted by Crippen LogP contribution is 2.12. The highest BCUT2D eigenvalue weighted by Gasteiger charge is 2.20. The van der Waals surface area contributed by atoms with Gasteiger partial charge in [0.15, 0.2) is 5.96 Å². The summed E-state index contributed by atoms with van der Waals surface area (Å²) in [5, 5.41) is 3.32. The number of aliphatic imine (C=N–C) groups is 1. The molecule has 140 valence electrons. The van der Waals surface area contributed by atoms with Crippen LogP contribution in [-0.4, -0.2) is 67.5 Å². The molecule has 0 spiro atoms. The van der Waals surface area contributed by atoms with E-state index in [1.54, 1.807) is 6.92 Å². The van der Waals surface area contributed by atoms with Crippen LogP contribution in [-0.2, 0) is 4.79 Å². The quantitative estimate of drug-likeness (QED) is 0.317. The van der Waals surface area contributed by atoms with Gasteiger partial charge in [-0.3, -0.25) is 4.79 Å². The van der Waals surface area contributed by atoms with Gasteiger partial charge < -0.3 is 19.9 Å². The number of carbonyl (C=O) groups is 1. The molecule has 1 saturated heterocycles. The van der Waals surface area contributed by atoms with Crippen LogP contribution in [0.5, 0.6) is 5.75 Å². The van der Waals surface area contributed by atoms with Crippen LogP contribution < -0.4 is 10.1 Å². The lowest BCUT2D eigenvalue weighted by Gasteiger charge is -2.36. The summed E-state index contributed by atoms with van der Waals surface area (Å²) in [6, 6.07) is 8.03. The standard InChI is InChI=1S/C18H28N4O2.HI/c1-4-19-18(22-11-9-21(10-12-22)16(3)23)20-8-13-24-17-7-5-6-15(2)14-17;/h5-7,14H,4,8-13H2,1-3H3,(H,19,20);1H. The van der Waals surface area contributed by atoms with Crippen molar-refractivity contribution in [2.45, 2.75) is 20.8 Å². The molecule has 1 aromatic rings. The Morgan fingerprint density at radius 1 is 1.24 bits per heavy atom. The monoisotopic (exact) mass is 460 g/mol. The Labute approximate surface area is 167 Å². The molecule has 1 amide bonds. The summed E-state index contributed by atoms with van der Waals surface area (Å²) >= 11 is 0. The molecule has 0 atom stereocenters. The number of halogens is 1. The van der Waals surface area contributed by atoms with Crippen molar-refractivity contribution in [3.05, 3.63) is 29.8 Å². The number of amides is 1. The van der Waals surface area contributed by atoms with Gasteiger partial charge in [-0.1, -0.05) is 12.1 Å². The smallest absolute Gasteiger partial charge is 0.219 e. The van der Waals surface area contributed by atoms with Crippen molar-refractivity contribution in [3.8, 4) is 5.75 Å². The molecular weight excluding hydrogens is 431 g/mol. The van der Waals surface area contributed by atoms with Crippen molar-refractivity contribution >= 4 is 35.8 Å². The number of hydrogen-bond acceptors (Lipinski definition) is 3. The molecule has 2 rings (SSSR count). The Morgan fingerprint density at radius 3 is 2.52 bits per heavy atom. The van der Waals surface area contributed by atoms with Gasteiger partial charge in [0.2, 0.25) is 5.91 Å². The predicted octanol–water partition coefficient (Wildman–Crippen LogP) is 2.12. The zero-order valence-corrected chi connectivity index (χ0v) is 17.7. The first-order valence-electron chi connectivity index (χ1n) is 8.58. The van der Waals surface area contributed by atoms with Crippen LogP contribution in [0.4, 0.5) is 0 Å². The lowest BCUT2D eigenvalue weighted by molar-refractivity contribution is -0.130. The summed E-state index contributed by atoms with van der Waals surface area (Å²) in [6.45, 7) is 10.8. The van der Waals surface area contributed by atoms with Gasteiger partial charge in [0, 0.05) is 39.6 Å². The molecular formula is C18H29IN4O2. The van der Waals surface area contributed by atoms with E-state index in [0.29, 0.717) is 13.2 Å². The summed E-state index contributed by atoms with van der Waals surface area (Å²) in [4.78, 5) is 20.1. The molecule has 25 heavy (non-hydrogen) atoms. The summed E-state index contributed by atoms with van der Waals surface area (Å²) in [7, 11) is 0. The van der Waals surface area contributed by atoms with E-state index in [9.17, 15) is 4.79 Å². The number of nitrogens with zero attached hydrogens (tertiary/aromatic N) is 3. The second kappa shape index (κ2) is 11.2. The number of nitrogens with one attached hydrogen (secondary N) is 1. The summed E-state index contributed by atoms with van der Waals surface area (Å²) in [5.74, 6) is 1.92. The third-order valence-corrected chi connectivity index (χ3v) is 3.97. The van der Waals surface area contributed by atoms with Crippen molar-refractivity contribution in [1.29, 1.82) is 0 Å². The molecule has 7 heteroatoms. The van der Waals surface area contributed by atoms with Crippen LogP contribution in [0, 0.1) is 6.92 Å². The number of hydrogen-bond donors (Lipinski definition) is 1. The van der Waals surface area contributed by atoms with Crippen molar-refractivity contribution in [2.24, 2.45) is 4.99 Å². The van der Waals surface area contributed by atoms with Gasteiger partial charge in [0.1, 0.15) is 12.4 Å². The maximum atomic E-state index is 11.4. The fraction of sp³-hybridized carbons (Fsp3) is 0.556. The van der Waals surface area contributed by atoms with E-state index in [-0.39, 0.29) is 29.9 Å². The number of guanidine groups is 1. The second-order valence-corrected chi connectivity index (χ2v) is 5.89. The number of aryl methyl sites for hydroxylation is 1. The van der Waals surface area contributed by atoms with Crippen molar-refractivity contribution < 1.29 is 9.53 Å².